The second kappa shape index (κ2) is 4.44. The summed E-state index contributed by atoms with van der Waals surface area (Å²) in [5.41, 5.74) is 2.83. The van der Waals surface area contributed by atoms with Gasteiger partial charge in [0.25, 0.3) is 0 Å². The smallest absolute Gasteiger partial charge is 0.0347 e. The molecule has 0 aliphatic heterocycles. The summed E-state index contributed by atoms with van der Waals surface area (Å²) in [6.07, 6.45) is 3.90. The Kier molecular flexibility index (Phi) is 3.34. The molecule has 88 valence electrons. The molecule has 0 aromatic heterocycles. The summed E-state index contributed by atoms with van der Waals surface area (Å²) < 4.78 is 0.0152. The molecule has 2 rings (SSSR count). The van der Waals surface area contributed by atoms with E-state index in [0.717, 1.165) is 18.3 Å². The number of rotatable bonds is 4. The van der Waals surface area contributed by atoms with Crippen molar-refractivity contribution in [2.45, 2.75) is 50.7 Å². The lowest BCUT2D eigenvalue weighted by Crippen LogP contribution is -2.12. The predicted molar refractivity (Wildman–Crippen MR) is 74.2 cm³/mol. The van der Waals surface area contributed by atoms with Crippen molar-refractivity contribution in [1.29, 1.82) is 0 Å². The lowest BCUT2D eigenvalue weighted by Gasteiger charge is -2.23. The van der Waals surface area contributed by atoms with E-state index >= 15 is 0 Å². The van der Waals surface area contributed by atoms with Crippen LogP contribution in [0.3, 0.4) is 0 Å². The Morgan fingerprint density at radius 2 is 1.88 bits per heavy atom. The molecule has 1 fully saturated rings. The summed E-state index contributed by atoms with van der Waals surface area (Å²) in [5, 5.41) is 0. The van der Waals surface area contributed by atoms with Crippen LogP contribution in [0.25, 0.3) is 0 Å². The highest BCUT2D eigenvalue weighted by Gasteiger charge is 2.29. The average molecular weight is 234 g/mol. The summed E-state index contributed by atoms with van der Waals surface area (Å²) in [6.45, 7) is 6.73. The lowest BCUT2D eigenvalue weighted by atomic mass is 9.91. The zero-order chi connectivity index (χ0) is 11.8. The molecule has 2 atom stereocenters. The van der Waals surface area contributed by atoms with Crippen LogP contribution in [0.15, 0.2) is 24.3 Å². The Bertz CT molecular complexity index is 346. The van der Waals surface area contributed by atoms with Crippen LogP contribution in [0.5, 0.6) is 0 Å². The maximum atomic E-state index is 4.72. The molecule has 0 saturated heterocycles. The van der Waals surface area contributed by atoms with Gasteiger partial charge in [0.2, 0.25) is 0 Å². The third kappa shape index (κ3) is 2.45. The van der Waals surface area contributed by atoms with Crippen LogP contribution in [-0.2, 0) is 4.75 Å². The van der Waals surface area contributed by atoms with Gasteiger partial charge in [0.15, 0.2) is 0 Å². The molecule has 1 aromatic rings. The van der Waals surface area contributed by atoms with Gasteiger partial charge in [-0.2, -0.15) is 12.6 Å². The first-order valence-electron chi connectivity index (χ1n) is 6.37. The Hall–Kier alpha value is -0.430. The molecule has 0 radical (unpaired) electrons. The van der Waals surface area contributed by atoms with Crippen molar-refractivity contribution in [2.24, 2.45) is 5.92 Å². The molecule has 16 heavy (non-hydrogen) atoms. The van der Waals surface area contributed by atoms with E-state index in [1.165, 1.54) is 24.0 Å². The van der Waals surface area contributed by atoms with Crippen LogP contribution in [0.2, 0.25) is 0 Å². The van der Waals surface area contributed by atoms with Crippen molar-refractivity contribution in [1.82, 2.24) is 0 Å². The Morgan fingerprint density at radius 1 is 1.31 bits per heavy atom. The van der Waals surface area contributed by atoms with Crippen LogP contribution >= 0.6 is 12.6 Å². The minimum Gasteiger partial charge on any atom is -0.168 e. The van der Waals surface area contributed by atoms with E-state index in [4.69, 9.17) is 12.6 Å². The molecule has 0 spiro atoms. The molecule has 0 bridgehead atoms. The second-order valence-electron chi connectivity index (χ2n) is 5.38. The molecule has 1 heteroatoms. The zero-order valence-corrected chi connectivity index (χ0v) is 11.4. The SMILES string of the molecule is CCC(C)(S)c1ccc(C(C)C2CC2)cc1. The average Bonchev–Trinajstić information content (AvgIpc) is 3.12. The first-order chi connectivity index (χ1) is 7.54. The minimum atomic E-state index is 0.0152. The molecule has 1 aromatic carbocycles. The fraction of sp³-hybridized carbons (Fsp3) is 0.600. The fourth-order valence-electron chi connectivity index (χ4n) is 2.22. The molecular formula is C15H22S. The zero-order valence-electron chi connectivity index (χ0n) is 10.5. The van der Waals surface area contributed by atoms with Gasteiger partial charge in [-0.3, -0.25) is 0 Å². The van der Waals surface area contributed by atoms with Gasteiger partial charge >= 0.3 is 0 Å². The van der Waals surface area contributed by atoms with E-state index in [1.807, 2.05) is 0 Å². The first kappa shape index (κ1) is 12.0. The Morgan fingerprint density at radius 3 is 2.31 bits per heavy atom. The van der Waals surface area contributed by atoms with Crippen molar-refractivity contribution in [3.63, 3.8) is 0 Å². The normalized spacial score (nSPS) is 21.5. The lowest BCUT2D eigenvalue weighted by molar-refractivity contribution is 0.655. The van der Waals surface area contributed by atoms with E-state index in [1.54, 1.807) is 0 Å². The topological polar surface area (TPSA) is 0 Å². The molecule has 1 saturated carbocycles. The second-order valence-corrected chi connectivity index (χ2v) is 6.36. The van der Waals surface area contributed by atoms with E-state index in [0.29, 0.717) is 0 Å². The van der Waals surface area contributed by atoms with Gasteiger partial charge in [0.1, 0.15) is 0 Å². The molecular weight excluding hydrogens is 212 g/mol. The van der Waals surface area contributed by atoms with Gasteiger partial charge in [0.05, 0.1) is 0 Å². The van der Waals surface area contributed by atoms with Crippen molar-refractivity contribution >= 4 is 12.6 Å². The maximum absolute atomic E-state index is 4.72. The monoisotopic (exact) mass is 234 g/mol. The summed E-state index contributed by atoms with van der Waals surface area (Å²) >= 11 is 4.72. The van der Waals surface area contributed by atoms with Gasteiger partial charge < -0.3 is 0 Å². The van der Waals surface area contributed by atoms with E-state index in [2.05, 4.69) is 45.0 Å². The standard InChI is InChI=1S/C15H22S/c1-4-15(3,16)14-9-7-13(8-10-14)11(2)12-5-6-12/h7-12,16H,4-6H2,1-3H3. The van der Waals surface area contributed by atoms with Crippen LogP contribution in [-0.4, -0.2) is 0 Å². The number of benzene rings is 1. The van der Waals surface area contributed by atoms with Crippen molar-refractivity contribution in [2.75, 3.05) is 0 Å². The van der Waals surface area contributed by atoms with Gasteiger partial charge in [0, 0.05) is 4.75 Å². The molecule has 1 aliphatic carbocycles. The summed E-state index contributed by atoms with van der Waals surface area (Å²) in [4.78, 5) is 0. The van der Waals surface area contributed by atoms with Gasteiger partial charge in [-0.1, -0.05) is 38.1 Å². The van der Waals surface area contributed by atoms with E-state index < -0.39 is 0 Å². The van der Waals surface area contributed by atoms with E-state index in [-0.39, 0.29) is 4.75 Å². The Balaban J connectivity index is 2.15. The molecule has 2 unspecified atom stereocenters. The number of thiol groups is 1. The number of hydrogen-bond acceptors (Lipinski definition) is 1. The summed E-state index contributed by atoms with van der Waals surface area (Å²) in [7, 11) is 0. The van der Waals surface area contributed by atoms with Crippen molar-refractivity contribution < 1.29 is 0 Å². The summed E-state index contributed by atoms with van der Waals surface area (Å²) in [6, 6.07) is 9.10. The quantitative estimate of drug-likeness (QED) is 0.714. The van der Waals surface area contributed by atoms with Gasteiger partial charge in [-0.15, -0.1) is 0 Å². The van der Waals surface area contributed by atoms with Crippen molar-refractivity contribution in [3.05, 3.63) is 35.4 Å². The van der Waals surface area contributed by atoms with Crippen LogP contribution in [0.1, 0.15) is 57.1 Å². The first-order valence-corrected chi connectivity index (χ1v) is 6.82. The third-order valence-electron chi connectivity index (χ3n) is 4.08. The highest BCUT2D eigenvalue weighted by atomic mass is 32.1. The maximum Gasteiger partial charge on any atom is 0.0347 e. The number of hydrogen-bond donors (Lipinski definition) is 1. The highest BCUT2D eigenvalue weighted by molar-refractivity contribution is 7.81. The molecule has 1 aliphatic rings. The van der Waals surface area contributed by atoms with E-state index in [9.17, 15) is 0 Å². The molecule has 0 amide bonds. The van der Waals surface area contributed by atoms with Crippen LogP contribution < -0.4 is 0 Å². The fourth-order valence-corrected chi connectivity index (χ4v) is 2.37. The van der Waals surface area contributed by atoms with Gasteiger partial charge in [-0.05, 0) is 49.1 Å². The highest BCUT2D eigenvalue weighted by Crippen LogP contribution is 2.42. The minimum absolute atomic E-state index is 0.0152. The van der Waals surface area contributed by atoms with Gasteiger partial charge in [-0.25, -0.2) is 0 Å². The van der Waals surface area contributed by atoms with Crippen molar-refractivity contribution in [3.8, 4) is 0 Å². The molecule has 0 heterocycles. The summed E-state index contributed by atoms with van der Waals surface area (Å²) in [5.74, 6) is 1.68. The molecule has 0 nitrogen and oxygen atoms in total. The van der Waals surface area contributed by atoms with Crippen LogP contribution in [0.4, 0.5) is 0 Å². The Labute approximate surface area is 105 Å². The molecule has 0 N–H and O–H groups in total. The van der Waals surface area contributed by atoms with Crippen LogP contribution in [0, 0.1) is 5.92 Å². The largest absolute Gasteiger partial charge is 0.168 e. The third-order valence-corrected chi connectivity index (χ3v) is 4.65. The predicted octanol–water partition coefficient (Wildman–Crippen LogP) is 4.76.